The summed E-state index contributed by atoms with van der Waals surface area (Å²) in [7, 11) is 0. The SMILES string of the molecule is CCCCCCCCCCC([C+]1N=CC=N1)C(CCCCCC)Cc1ccccc1. The molecule has 2 nitrogen and oxygen atoms in total. The zero-order chi connectivity index (χ0) is 21.3. The van der Waals surface area contributed by atoms with Crippen LogP contribution in [-0.4, -0.2) is 12.4 Å². The zero-order valence-electron chi connectivity index (χ0n) is 19.7. The van der Waals surface area contributed by atoms with Gasteiger partial charge in [-0.05, 0) is 30.7 Å². The van der Waals surface area contributed by atoms with Gasteiger partial charge in [0.2, 0.25) is 6.17 Å². The normalized spacial score (nSPS) is 15.1. The van der Waals surface area contributed by atoms with Crippen LogP contribution in [0.4, 0.5) is 0 Å². The molecule has 1 aromatic carbocycles. The van der Waals surface area contributed by atoms with Crippen LogP contribution in [0.5, 0.6) is 0 Å². The van der Waals surface area contributed by atoms with E-state index in [4.69, 9.17) is 0 Å². The predicted molar refractivity (Wildman–Crippen MR) is 133 cm³/mol. The fourth-order valence-electron chi connectivity index (χ4n) is 4.71. The molecule has 0 aromatic heterocycles. The van der Waals surface area contributed by atoms with E-state index < -0.39 is 0 Å². The van der Waals surface area contributed by atoms with Crippen LogP contribution < -0.4 is 0 Å². The molecule has 0 saturated heterocycles. The Kier molecular flexibility index (Phi) is 13.3. The van der Waals surface area contributed by atoms with Crippen molar-refractivity contribution in [2.45, 2.75) is 110 Å². The Morgan fingerprint density at radius 3 is 1.83 bits per heavy atom. The van der Waals surface area contributed by atoms with E-state index in [1.165, 1.54) is 95.5 Å². The third-order valence-electron chi connectivity index (χ3n) is 6.52. The molecule has 0 radical (unpaired) electrons. The molecule has 30 heavy (non-hydrogen) atoms. The molecule has 1 aromatic rings. The summed E-state index contributed by atoms with van der Waals surface area (Å²) in [4.78, 5) is 9.32. The van der Waals surface area contributed by atoms with Crippen LogP contribution in [0.25, 0.3) is 0 Å². The van der Waals surface area contributed by atoms with Gasteiger partial charge in [-0.15, -0.1) is 0 Å². The first-order valence-electron chi connectivity index (χ1n) is 12.8. The Hall–Kier alpha value is -1.57. The highest BCUT2D eigenvalue weighted by Gasteiger charge is 2.35. The maximum atomic E-state index is 4.66. The Morgan fingerprint density at radius 1 is 0.667 bits per heavy atom. The quantitative estimate of drug-likeness (QED) is 0.171. The van der Waals surface area contributed by atoms with Gasteiger partial charge in [0.1, 0.15) is 0 Å². The van der Waals surface area contributed by atoms with E-state index in [2.05, 4.69) is 54.2 Å². The van der Waals surface area contributed by atoms with Crippen LogP contribution in [-0.2, 0) is 6.42 Å². The Balaban J connectivity index is 1.90. The van der Waals surface area contributed by atoms with Crippen LogP contribution in [0, 0.1) is 18.0 Å². The van der Waals surface area contributed by atoms with Gasteiger partial charge in [0.05, 0.1) is 5.92 Å². The molecule has 0 spiro atoms. The number of unbranched alkanes of at least 4 members (excludes halogenated alkanes) is 10. The van der Waals surface area contributed by atoms with Crippen molar-refractivity contribution < 1.29 is 0 Å². The van der Waals surface area contributed by atoms with E-state index in [1.807, 2.05) is 12.4 Å². The molecular weight excluding hydrogens is 364 g/mol. The molecule has 166 valence electrons. The largest absolute Gasteiger partial charge is 0.244 e. The number of hydrogen-bond donors (Lipinski definition) is 0. The Morgan fingerprint density at radius 2 is 1.20 bits per heavy atom. The molecule has 0 N–H and O–H groups in total. The summed E-state index contributed by atoms with van der Waals surface area (Å²) in [6.07, 6.45) is 24.9. The van der Waals surface area contributed by atoms with E-state index in [9.17, 15) is 0 Å². The van der Waals surface area contributed by atoms with Crippen molar-refractivity contribution in [3.63, 3.8) is 0 Å². The summed E-state index contributed by atoms with van der Waals surface area (Å²) in [5.41, 5.74) is 1.46. The van der Waals surface area contributed by atoms with Gasteiger partial charge in [0.25, 0.3) is 0 Å². The van der Waals surface area contributed by atoms with Crippen LogP contribution in [0.1, 0.15) is 109 Å². The van der Waals surface area contributed by atoms with E-state index in [-0.39, 0.29) is 0 Å². The van der Waals surface area contributed by atoms with Crippen molar-refractivity contribution in [3.8, 4) is 0 Å². The van der Waals surface area contributed by atoms with Crippen LogP contribution >= 0.6 is 0 Å². The van der Waals surface area contributed by atoms with Gasteiger partial charge in [-0.3, -0.25) is 0 Å². The van der Waals surface area contributed by atoms with E-state index in [0.717, 1.165) is 12.6 Å². The van der Waals surface area contributed by atoms with E-state index >= 15 is 0 Å². The predicted octanol–water partition coefficient (Wildman–Crippen LogP) is 8.61. The molecular formula is C28H45N2+. The highest BCUT2D eigenvalue weighted by molar-refractivity contribution is 6.18. The second-order valence-corrected chi connectivity index (χ2v) is 9.08. The maximum Gasteiger partial charge on any atom is 0.244 e. The second-order valence-electron chi connectivity index (χ2n) is 9.08. The lowest BCUT2D eigenvalue weighted by Crippen LogP contribution is -2.22. The molecule has 2 rings (SSSR count). The average Bonchev–Trinajstić information content (AvgIpc) is 3.30. The summed E-state index contributed by atoms with van der Waals surface area (Å²) in [5.74, 6) is 1.15. The smallest absolute Gasteiger partial charge is 0.0965 e. The van der Waals surface area contributed by atoms with E-state index in [1.54, 1.807) is 0 Å². The third kappa shape index (κ3) is 9.96. The third-order valence-corrected chi connectivity index (χ3v) is 6.52. The minimum Gasteiger partial charge on any atom is -0.0965 e. The van der Waals surface area contributed by atoms with Gasteiger partial charge in [-0.25, -0.2) is 0 Å². The van der Waals surface area contributed by atoms with Gasteiger partial charge in [-0.1, -0.05) is 131 Å². The van der Waals surface area contributed by atoms with Gasteiger partial charge in [-0.2, -0.15) is 0 Å². The molecule has 2 unspecified atom stereocenters. The van der Waals surface area contributed by atoms with Crippen LogP contribution in [0.3, 0.4) is 0 Å². The number of nitrogens with zero attached hydrogens (tertiary/aromatic N) is 2. The summed E-state index contributed by atoms with van der Waals surface area (Å²) in [6.45, 7) is 4.59. The van der Waals surface area contributed by atoms with Crippen molar-refractivity contribution >= 4 is 12.4 Å². The lowest BCUT2D eigenvalue weighted by molar-refractivity contribution is 0.284. The first-order chi connectivity index (χ1) is 14.8. The number of rotatable bonds is 18. The summed E-state index contributed by atoms with van der Waals surface area (Å²) in [6, 6.07) is 11.1. The lowest BCUT2D eigenvalue weighted by atomic mass is 9.78. The molecule has 0 bridgehead atoms. The fraction of sp³-hybridized carbons (Fsp3) is 0.679. The van der Waals surface area contributed by atoms with E-state index in [0.29, 0.717) is 11.8 Å². The average molecular weight is 410 g/mol. The summed E-state index contributed by atoms with van der Waals surface area (Å²) >= 11 is 0. The maximum absolute atomic E-state index is 4.66. The van der Waals surface area contributed by atoms with Gasteiger partial charge in [0.15, 0.2) is 12.4 Å². The highest BCUT2D eigenvalue weighted by atomic mass is 15.0. The number of aliphatic imine (C=N–C) groups is 2. The number of benzene rings is 1. The molecule has 2 atom stereocenters. The van der Waals surface area contributed by atoms with Crippen molar-refractivity contribution in [2.75, 3.05) is 0 Å². The molecule has 0 amide bonds. The molecule has 1 aliphatic heterocycles. The molecule has 1 heterocycles. The summed E-state index contributed by atoms with van der Waals surface area (Å²) < 4.78 is 0. The van der Waals surface area contributed by atoms with Crippen LogP contribution in [0.2, 0.25) is 0 Å². The van der Waals surface area contributed by atoms with Crippen molar-refractivity contribution in [2.24, 2.45) is 21.8 Å². The standard InChI is InChI=1S/C28H45N2/c1-3-5-7-9-10-11-12-17-21-27(28-29-22-23-30-28)26(20-16-8-6-4-2)24-25-18-14-13-15-19-25/h13-15,18-19,22-23,26-27H,3-12,16-17,20-21,24H2,1-2H3/q+1. The summed E-state index contributed by atoms with van der Waals surface area (Å²) in [5, 5.41) is 0. The first-order valence-corrected chi connectivity index (χ1v) is 12.8. The first kappa shape index (κ1) is 24.7. The zero-order valence-corrected chi connectivity index (χ0v) is 19.7. The molecule has 0 saturated carbocycles. The monoisotopic (exact) mass is 409 g/mol. The van der Waals surface area contributed by atoms with Crippen molar-refractivity contribution in [1.82, 2.24) is 0 Å². The van der Waals surface area contributed by atoms with Gasteiger partial charge < -0.3 is 0 Å². The van der Waals surface area contributed by atoms with Crippen molar-refractivity contribution in [3.05, 3.63) is 42.1 Å². The molecule has 1 aliphatic rings. The highest BCUT2D eigenvalue weighted by Crippen LogP contribution is 2.36. The molecule has 0 aliphatic carbocycles. The van der Waals surface area contributed by atoms with Gasteiger partial charge >= 0.3 is 0 Å². The van der Waals surface area contributed by atoms with Gasteiger partial charge in [0, 0.05) is 0 Å². The fourth-order valence-corrected chi connectivity index (χ4v) is 4.71. The minimum atomic E-state index is 0.502. The van der Waals surface area contributed by atoms with Crippen LogP contribution in [0.15, 0.2) is 40.3 Å². The minimum absolute atomic E-state index is 0.502. The number of hydrogen-bond acceptors (Lipinski definition) is 2. The molecule has 2 heteroatoms. The second kappa shape index (κ2) is 16.2. The Labute approximate surface area is 186 Å². The van der Waals surface area contributed by atoms with Crippen molar-refractivity contribution in [1.29, 1.82) is 0 Å². The lowest BCUT2D eigenvalue weighted by Gasteiger charge is -2.26. The molecule has 0 fully saturated rings. The Bertz CT molecular complexity index is 566. The topological polar surface area (TPSA) is 24.7 Å².